The molecule has 2 rings (SSSR count). The highest BCUT2D eigenvalue weighted by molar-refractivity contribution is 6.03. The fourth-order valence-electron chi connectivity index (χ4n) is 1.55. The van der Waals surface area contributed by atoms with Gasteiger partial charge in [-0.05, 0) is 31.2 Å². The lowest BCUT2D eigenvalue weighted by Crippen LogP contribution is -2.15. The molecule has 0 bridgehead atoms. The Morgan fingerprint density at radius 3 is 2.70 bits per heavy atom. The van der Waals surface area contributed by atoms with Crippen molar-refractivity contribution in [2.45, 2.75) is 6.92 Å². The van der Waals surface area contributed by atoms with Crippen LogP contribution in [0.5, 0.6) is 5.75 Å². The maximum atomic E-state index is 11.7. The van der Waals surface area contributed by atoms with E-state index in [1.54, 1.807) is 6.07 Å². The Labute approximate surface area is 113 Å². The average Bonchev–Trinajstić information content (AvgIpc) is 2.37. The largest absolute Gasteiger partial charge is 0.508 e. The van der Waals surface area contributed by atoms with Crippen molar-refractivity contribution in [2.24, 2.45) is 0 Å². The fraction of sp³-hybridized carbons (Fsp3) is 0.0714. The van der Waals surface area contributed by atoms with Crippen LogP contribution in [0.3, 0.4) is 0 Å². The molecule has 2 aromatic rings. The number of carbonyl (C=O) groups is 2. The van der Waals surface area contributed by atoms with Crippen LogP contribution in [0.25, 0.3) is 11.0 Å². The highest BCUT2D eigenvalue weighted by atomic mass is 16.4. The molecular weight excluding hydrogens is 262 g/mol. The summed E-state index contributed by atoms with van der Waals surface area (Å²) in [6, 6.07) is 5.72. The van der Waals surface area contributed by atoms with Gasteiger partial charge in [0.2, 0.25) is 5.91 Å². The van der Waals surface area contributed by atoms with E-state index < -0.39 is 11.5 Å². The molecule has 0 saturated carbocycles. The molecule has 1 heterocycles. The second kappa shape index (κ2) is 5.40. The number of ketones is 1. The molecule has 0 aliphatic rings. The third kappa shape index (κ3) is 3.11. The molecule has 1 aromatic carbocycles. The normalized spacial score (nSPS) is 10.8. The van der Waals surface area contributed by atoms with E-state index in [4.69, 9.17) is 4.42 Å². The molecule has 1 amide bonds. The number of phenols is 1. The van der Waals surface area contributed by atoms with Crippen LogP contribution in [-0.4, -0.2) is 16.8 Å². The van der Waals surface area contributed by atoms with E-state index in [9.17, 15) is 19.5 Å². The molecule has 0 radical (unpaired) electrons. The van der Waals surface area contributed by atoms with Crippen molar-refractivity contribution >= 4 is 28.3 Å². The Morgan fingerprint density at radius 2 is 2.00 bits per heavy atom. The van der Waals surface area contributed by atoms with Crippen molar-refractivity contribution in [1.29, 1.82) is 0 Å². The van der Waals surface area contributed by atoms with Gasteiger partial charge in [0.25, 0.3) is 0 Å². The zero-order chi connectivity index (χ0) is 14.7. The molecule has 6 nitrogen and oxygen atoms in total. The quantitative estimate of drug-likeness (QED) is 0.653. The summed E-state index contributed by atoms with van der Waals surface area (Å²) in [5.41, 5.74) is -0.568. The van der Waals surface area contributed by atoms with Gasteiger partial charge in [-0.15, -0.1) is 0 Å². The molecule has 0 atom stereocenters. The zero-order valence-corrected chi connectivity index (χ0v) is 10.5. The standard InChI is InChI=1S/C14H11NO5/c1-8(16)2-5-13(18)15-11-6-9-3-4-10(17)7-12(9)20-14(11)19/h2-7,17H,1H3,(H,15,18)/b5-2+. The Kier molecular flexibility index (Phi) is 3.65. The van der Waals surface area contributed by atoms with Crippen molar-refractivity contribution in [3.05, 3.63) is 46.8 Å². The molecule has 2 N–H and O–H groups in total. The minimum atomic E-state index is -0.743. The van der Waals surface area contributed by atoms with E-state index in [1.807, 2.05) is 0 Å². The maximum Gasteiger partial charge on any atom is 0.360 e. The predicted molar refractivity (Wildman–Crippen MR) is 72.6 cm³/mol. The first-order valence-corrected chi connectivity index (χ1v) is 5.72. The van der Waals surface area contributed by atoms with Crippen molar-refractivity contribution in [3.63, 3.8) is 0 Å². The van der Waals surface area contributed by atoms with Gasteiger partial charge in [0, 0.05) is 17.5 Å². The monoisotopic (exact) mass is 273 g/mol. The number of anilines is 1. The molecule has 102 valence electrons. The van der Waals surface area contributed by atoms with E-state index in [2.05, 4.69) is 5.32 Å². The van der Waals surface area contributed by atoms with Crippen LogP contribution in [0.2, 0.25) is 0 Å². The third-order valence-corrected chi connectivity index (χ3v) is 2.45. The fourth-order valence-corrected chi connectivity index (χ4v) is 1.55. The number of amides is 1. The highest BCUT2D eigenvalue weighted by Crippen LogP contribution is 2.20. The molecule has 20 heavy (non-hydrogen) atoms. The summed E-state index contributed by atoms with van der Waals surface area (Å²) in [7, 11) is 0. The van der Waals surface area contributed by atoms with Gasteiger partial charge < -0.3 is 14.8 Å². The Bertz CT molecular complexity index is 773. The van der Waals surface area contributed by atoms with Gasteiger partial charge in [-0.1, -0.05) is 0 Å². The van der Waals surface area contributed by atoms with Crippen LogP contribution < -0.4 is 10.9 Å². The van der Waals surface area contributed by atoms with Gasteiger partial charge in [0.05, 0.1) is 0 Å². The van der Waals surface area contributed by atoms with Crippen LogP contribution in [-0.2, 0) is 9.59 Å². The Hall–Kier alpha value is -2.89. The van der Waals surface area contributed by atoms with Gasteiger partial charge in [-0.2, -0.15) is 0 Å². The zero-order valence-electron chi connectivity index (χ0n) is 10.5. The van der Waals surface area contributed by atoms with Gasteiger partial charge in [-0.25, -0.2) is 4.79 Å². The molecule has 0 spiro atoms. The minimum absolute atomic E-state index is 0.0261. The molecule has 1 aromatic heterocycles. The van der Waals surface area contributed by atoms with Gasteiger partial charge in [0.15, 0.2) is 5.78 Å². The molecular formula is C14H11NO5. The van der Waals surface area contributed by atoms with Gasteiger partial charge in [0.1, 0.15) is 17.0 Å². The summed E-state index contributed by atoms with van der Waals surface area (Å²) in [5.74, 6) is -0.909. The molecule has 0 aliphatic carbocycles. The first kappa shape index (κ1) is 13.5. The summed E-state index contributed by atoms with van der Waals surface area (Å²) in [6.45, 7) is 1.31. The predicted octanol–water partition coefficient (Wildman–Crippen LogP) is 1.58. The number of rotatable bonds is 3. The van der Waals surface area contributed by atoms with E-state index in [0.29, 0.717) is 5.39 Å². The number of nitrogens with one attached hydrogen (secondary N) is 1. The smallest absolute Gasteiger partial charge is 0.360 e. The van der Waals surface area contributed by atoms with E-state index in [1.165, 1.54) is 25.1 Å². The Morgan fingerprint density at radius 1 is 1.25 bits per heavy atom. The van der Waals surface area contributed by atoms with Crippen LogP contribution >= 0.6 is 0 Å². The first-order chi connectivity index (χ1) is 9.45. The van der Waals surface area contributed by atoms with Gasteiger partial charge >= 0.3 is 5.63 Å². The third-order valence-electron chi connectivity index (χ3n) is 2.45. The van der Waals surface area contributed by atoms with Crippen molar-refractivity contribution < 1.29 is 19.1 Å². The summed E-state index contributed by atoms with van der Waals surface area (Å²) in [4.78, 5) is 33.9. The van der Waals surface area contributed by atoms with Crippen LogP contribution in [0, 0.1) is 0 Å². The van der Waals surface area contributed by atoms with Crippen molar-refractivity contribution in [2.75, 3.05) is 5.32 Å². The Balaban J connectivity index is 2.33. The topological polar surface area (TPSA) is 96.6 Å². The van der Waals surface area contributed by atoms with Crippen LogP contribution in [0.4, 0.5) is 5.69 Å². The molecule has 6 heteroatoms. The number of fused-ring (bicyclic) bond motifs is 1. The van der Waals surface area contributed by atoms with Crippen molar-refractivity contribution in [1.82, 2.24) is 0 Å². The van der Waals surface area contributed by atoms with E-state index in [-0.39, 0.29) is 22.8 Å². The van der Waals surface area contributed by atoms with Crippen molar-refractivity contribution in [3.8, 4) is 5.75 Å². The highest BCUT2D eigenvalue weighted by Gasteiger charge is 2.08. The van der Waals surface area contributed by atoms with Crippen LogP contribution in [0.1, 0.15) is 6.92 Å². The molecule has 0 saturated heterocycles. The number of allylic oxidation sites excluding steroid dienone is 1. The summed E-state index contributed by atoms with van der Waals surface area (Å²) < 4.78 is 4.98. The second-order valence-electron chi connectivity index (χ2n) is 4.10. The lowest BCUT2D eigenvalue weighted by molar-refractivity contribution is -0.114. The lowest BCUT2D eigenvalue weighted by atomic mass is 10.2. The van der Waals surface area contributed by atoms with E-state index >= 15 is 0 Å². The van der Waals surface area contributed by atoms with Crippen LogP contribution in [0.15, 0.2) is 45.6 Å². The summed E-state index contributed by atoms with van der Waals surface area (Å²) in [5, 5.41) is 12.2. The first-order valence-electron chi connectivity index (χ1n) is 5.72. The molecule has 0 unspecified atom stereocenters. The molecule has 0 aliphatic heterocycles. The number of phenolic OH excluding ortho intramolecular Hbond substituents is 1. The lowest BCUT2D eigenvalue weighted by Gasteiger charge is -2.02. The average molecular weight is 273 g/mol. The molecule has 0 fully saturated rings. The number of aromatic hydroxyl groups is 1. The minimum Gasteiger partial charge on any atom is -0.508 e. The summed E-state index contributed by atoms with van der Waals surface area (Å²) >= 11 is 0. The number of benzene rings is 1. The second-order valence-corrected chi connectivity index (χ2v) is 4.10. The summed E-state index contributed by atoms with van der Waals surface area (Å²) in [6.07, 6.45) is 2.12. The maximum absolute atomic E-state index is 11.7. The van der Waals surface area contributed by atoms with E-state index in [0.717, 1.165) is 12.2 Å². The number of hydrogen-bond donors (Lipinski definition) is 2. The van der Waals surface area contributed by atoms with Gasteiger partial charge in [-0.3, -0.25) is 9.59 Å². The SMILES string of the molecule is CC(=O)/C=C/C(=O)Nc1cc2ccc(O)cc2oc1=O. The number of carbonyl (C=O) groups excluding carboxylic acids is 2. The number of hydrogen-bond acceptors (Lipinski definition) is 5.